The summed E-state index contributed by atoms with van der Waals surface area (Å²) in [6, 6.07) is 9.54. The summed E-state index contributed by atoms with van der Waals surface area (Å²) in [5.41, 5.74) is -3.80. The van der Waals surface area contributed by atoms with Gasteiger partial charge in [-0.25, -0.2) is 4.98 Å². The quantitative estimate of drug-likeness (QED) is 0.442. The van der Waals surface area contributed by atoms with Crippen molar-refractivity contribution in [3.63, 3.8) is 0 Å². The lowest BCUT2D eigenvalue weighted by Crippen LogP contribution is -2.59. The van der Waals surface area contributed by atoms with Gasteiger partial charge in [-0.2, -0.15) is 18.2 Å². The molecule has 6 radical (unpaired) electrons. The van der Waals surface area contributed by atoms with E-state index >= 15 is 0 Å². The van der Waals surface area contributed by atoms with Crippen molar-refractivity contribution >= 4 is 35.3 Å². The maximum Gasteiger partial charge on any atom is 0.416 e. The summed E-state index contributed by atoms with van der Waals surface area (Å²) >= 11 is 0. The average Bonchev–Trinajstić information content (AvgIpc) is 3.07. The van der Waals surface area contributed by atoms with Gasteiger partial charge >= 0.3 is 6.18 Å². The second kappa shape index (κ2) is 9.42. The van der Waals surface area contributed by atoms with Crippen LogP contribution < -0.4 is 10.2 Å². The molecule has 2 unspecified atom stereocenters. The van der Waals surface area contributed by atoms with Crippen molar-refractivity contribution in [1.29, 1.82) is 0 Å². The largest absolute Gasteiger partial charge is 0.416 e. The van der Waals surface area contributed by atoms with Crippen LogP contribution in [0.3, 0.4) is 0 Å². The zero-order valence-corrected chi connectivity index (χ0v) is 19.7. The number of hydrogen-bond acceptors (Lipinski definition) is 8. The molecule has 0 saturated carbocycles. The number of nitrogens with one attached hydrogen (secondary N) is 1. The molecule has 3 aromatic rings. The first-order valence-corrected chi connectivity index (χ1v) is 11.0. The summed E-state index contributed by atoms with van der Waals surface area (Å²) in [5, 5.41) is 23.5. The van der Waals surface area contributed by atoms with Crippen LogP contribution in [-0.2, 0) is 6.18 Å². The summed E-state index contributed by atoms with van der Waals surface area (Å²) in [7, 11) is 16.9. The zero-order valence-electron chi connectivity index (χ0n) is 19.7. The summed E-state index contributed by atoms with van der Waals surface area (Å²) in [6.07, 6.45) is -1.48. The van der Waals surface area contributed by atoms with E-state index in [1.54, 1.807) is 25.1 Å². The maximum absolute atomic E-state index is 13.0. The summed E-state index contributed by atoms with van der Waals surface area (Å²) in [5.74, 6) is 0.511. The van der Waals surface area contributed by atoms with Crippen LogP contribution >= 0.6 is 0 Å². The molecule has 8 nitrogen and oxygen atoms in total. The molecule has 0 bridgehead atoms. The highest BCUT2D eigenvalue weighted by molar-refractivity contribution is 6.39. The number of aliphatic hydroxyl groups is 2. The van der Waals surface area contributed by atoms with Crippen LogP contribution in [0.25, 0.3) is 11.1 Å². The lowest BCUT2D eigenvalue weighted by Gasteiger charge is -2.42. The monoisotopic (exact) mass is 502 g/mol. The molecule has 2 atom stereocenters. The van der Waals surface area contributed by atoms with Crippen LogP contribution in [0.1, 0.15) is 24.2 Å². The molecule has 37 heavy (non-hydrogen) atoms. The molecule has 1 saturated heterocycles. The average molecular weight is 502 g/mol. The standard InChI is InChI=1S/C23H20B3F3N6O2/c1-13(18-7-6-16(11-31-18)15-4-3-5-17(10-15)22(27,28)29)32-20-30-9-8-19(33-20)34-12-21(24,36)35(14(34)2)23(25,26)37/h3-11,13,36-37H,2,12H2,1H3,(H,30,32,33). The molecule has 3 heterocycles. The molecule has 4 rings (SSSR count). The number of anilines is 2. The van der Waals surface area contributed by atoms with Crippen LogP contribution in [0.4, 0.5) is 24.9 Å². The SMILES string of the molecule is [B]C([B])(O)N1C(=C)N(c2ccnc(NC(C)c3ccc(-c4cccc(C(F)(F)F)c4)cn3)n2)CC1([B])O. The van der Waals surface area contributed by atoms with Crippen LogP contribution in [-0.4, -0.2) is 71.3 Å². The molecule has 3 N–H and O–H groups in total. The minimum Gasteiger partial charge on any atom is -0.390 e. The Morgan fingerprint density at radius 2 is 1.86 bits per heavy atom. The third kappa shape index (κ3) is 5.59. The van der Waals surface area contributed by atoms with Gasteiger partial charge in [0.05, 0.1) is 29.4 Å². The van der Waals surface area contributed by atoms with Gasteiger partial charge in [-0.05, 0) is 36.8 Å². The predicted molar refractivity (Wildman–Crippen MR) is 134 cm³/mol. The molecule has 0 spiro atoms. The Bertz CT molecular complexity index is 1300. The first-order chi connectivity index (χ1) is 17.2. The number of aromatic nitrogens is 3. The maximum atomic E-state index is 13.0. The number of benzene rings is 1. The molecule has 1 aliphatic heterocycles. The molecule has 14 heteroatoms. The Balaban J connectivity index is 1.50. The Morgan fingerprint density at radius 1 is 1.14 bits per heavy atom. The topological polar surface area (TPSA) is 97.6 Å². The number of β-amino-alcohol motifs (C(OH)–C–C–N with tert-alkyl or cyclic N) is 1. The molecular weight excluding hydrogens is 482 g/mol. The second-order valence-electron chi connectivity index (χ2n) is 8.65. The van der Waals surface area contributed by atoms with Gasteiger partial charge in [0.25, 0.3) is 0 Å². The van der Waals surface area contributed by atoms with Crippen molar-refractivity contribution < 1.29 is 23.4 Å². The van der Waals surface area contributed by atoms with Crippen LogP contribution in [0.15, 0.2) is 67.3 Å². The van der Waals surface area contributed by atoms with Crippen molar-refractivity contribution in [1.82, 2.24) is 19.9 Å². The third-order valence-corrected chi connectivity index (χ3v) is 5.72. The van der Waals surface area contributed by atoms with Crippen LogP contribution in [0, 0.1) is 0 Å². The van der Waals surface area contributed by atoms with E-state index < -0.39 is 22.9 Å². The van der Waals surface area contributed by atoms with Gasteiger partial charge in [0.1, 0.15) is 40.8 Å². The lowest BCUT2D eigenvalue weighted by molar-refractivity contribution is -0.137. The number of pyridine rings is 1. The van der Waals surface area contributed by atoms with E-state index in [-0.39, 0.29) is 30.2 Å². The van der Waals surface area contributed by atoms with Crippen LogP contribution in [0.2, 0.25) is 0 Å². The highest BCUT2D eigenvalue weighted by Crippen LogP contribution is 2.35. The van der Waals surface area contributed by atoms with Gasteiger partial charge in [0.15, 0.2) is 0 Å². The summed E-state index contributed by atoms with van der Waals surface area (Å²) in [4.78, 5) is 15.1. The van der Waals surface area contributed by atoms with Gasteiger partial charge in [-0.15, -0.1) is 0 Å². The van der Waals surface area contributed by atoms with Gasteiger partial charge in [0, 0.05) is 18.0 Å². The molecular formula is C23H20B3F3N6O2. The first kappa shape index (κ1) is 26.6. The number of rotatable bonds is 6. The number of hydrogen-bond donors (Lipinski definition) is 3. The molecule has 184 valence electrons. The fraction of sp³-hybridized carbons (Fsp3) is 0.261. The molecule has 2 aromatic heterocycles. The van der Waals surface area contributed by atoms with E-state index in [2.05, 4.69) is 26.8 Å². The predicted octanol–water partition coefficient (Wildman–Crippen LogP) is 2.08. The summed E-state index contributed by atoms with van der Waals surface area (Å²) in [6.45, 7) is 5.35. The van der Waals surface area contributed by atoms with Crippen molar-refractivity contribution in [3.8, 4) is 11.1 Å². The Hall–Kier alpha value is -3.51. The normalized spacial score (nSPS) is 19.2. The van der Waals surface area contributed by atoms with Crippen molar-refractivity contribution in [2.45, 2.75) is 30.3 Å². The Labute approximate surface area is 215 Å². The molecule has 0 aliphatic carbocycles. The Morgan fingerprint density at radius 3 is 2.46 bits per heavy atom. The van der Waals surface area contributed by atoms with E-state index in [1.165, 1.54) is 29.4 Å². The fourth-order valence-corrected chi connectivity index (χ4v) is 4.01. The van der Waals surface area contributed by atoms with Gasteiger partial charge in [-0.3, -0.25) is 4.98 Å². The molecule has 1 aromatic carbocycles. The summed E-state index contributed by atoms with van der Waals surface area (Å²) < 4.78 is 39.1. The number of nitrogens with zero attached hydrogens (tertiary/aromatic N) is 5. The van der Waals surface area contributed by atoms with Crippen molar-refractivity contribution in [3.05, 3.63) is 78.5 Å². The number of halogens is 3. The van der Waals surface area contributed by atoms with E-state index in [4.69, 9.17) is 23.5 Å². The van der Waals surface area contributed by atoms with E-state index in [1.807, 2.05) is 0 Å². The minimum atomic E-state index is -4.44. The fourth-order valence-electron chi connectivity index (χ4n) is 4.01. The van der Waals surface area contributed by atoms with Crippen molar-refractivity contribution in [2.24, 2.45) is 0 Å². The molecule has 1 aliphatic rings. The van der Waals surface area contributed by atoms with Gasteiger partial charge in [-0.1, -0.05) is 24.8 Å². The van der Waals surface area contributed by atoms with Crippen LogP contribution in [0.5, 0.6) is 0 Å². The Kier molecular flexibility index (Phi) is 6.76. The third-order valence-electron chi connectivity index (χ3n) is 5.72. The zero-order chi connectivity index (χ0) is 27.2. The van der Waals surface area contributed by atoms with Crippen molar-refractivity contribution in [2.75, 3.05) is 16.8 Å². The van der Waals surface area contributed by atoms with E-state index in [0.717, 1.165) is 17.0 Å². The van der Waals surface area contributed by atoms with Gasteiger partial charge < -0.3 is 25.3 Å². The highest BCUT2D eigenvalue weighted by atomic mass is 19.4. The second-order valence-corrected chi connectivity index (χ2v) is 8.65. The smallest absolute Gasteiger partial charge is 0.390 e. The van der Waals surface area contributed by atoms with Gasteiger partial charge in [0.2, 0.25) is 5.95 Å². The number of alkyl halides is 3. The molecule has 0 amide bonds. The molecule has 1 fully saturated rings. The van der Waals surface area contributed by atoms with E-state index in [9.17, 15) is 23.4 Å². The lowest BCUT2D eigenvalue weighted by atomic mass is 9.69. The van der Waals surface area contributed by atoms with E-state index in [0.29, 0.717) is 16.8 Å². The highest BCUT2D eigenvalue weighted by Gasteiger charge is 2.47. The first-order valence-electron chi connectivity index (χ1n) is 11.0. The minimum absolute atomic E-state index is 0.0158.